The Labute approximate surface area is 161 Å². The lowest BCUT2D eigenvalue weighted by atomic mass is 10.0. The lowest BCUT2D eigenvalue weighted by Crippen LogP contribution is -2.45. The monoisotopic (exact) mass is 384 g/mol. The molecule has 0 atom stereocenters. The van der Waals surface area contributed by atoms with E-state index in [0.29, 0.717) is 5.56 Å². The van der Waals surface area contributed by atoms with Crippen molar-refractivity contribution in [3.63, 3.8) is 0 Å². The Morgan fingerprint density at radius 1 is 1.26 bits per heavy atom. The van der Waals surface area contributed by atoms with Crippen LogP contribution in [0.15, 0.2) is 47.8 Å². The van der Waals surface area contributed by atoms with E-state index in [9.17, 15) is 9.18 Å². The first-order valence-electron chi connectivity index (χ1n) is 9.06. The molecule has 1 aromatic carbocycles. The molecule has 2 aromatic heterocycles. The molecule has 1 aliphatic rings. The average molecular weight is 384 g/mol. The van der Waals surface area contributed by atoms with Crippen LogP contribution in [0.2, 0.25) is 0 Å². The minimum absolute atomic E-state index is 0.0798. The van der Waals surface area contributed by atoms with Gasteiger partial charge in [-0.1, -0.05) is 24.3 Å². The number of rotatable bonds is 5. The summed E-state index contributed by atoms with van der Waals surface area (Å²) in [5.74, 6) is 0.482. The zero-order chi connectivity index (χ0) is 18.6. The SMILES string of the molecule is O=C(Cc1ccccc1F)NC1CCN(c2cc(-c3cccs3)[nH]n2)CC1. The molecule has 0 bridgehead atoms. The van der Waals surface area contributed by atoms with E-state index in [1.54, 1.807) is 29.5 Å². The van der Waals surface area contributed by atoms with Crippen LogP contribution in [0, 0.1) is 5.82 Å². The molecule has 2 N–H and O–H groups in total. The van der Waals surface area contributed by atoms with Gasteiger partial charge in [-0.25, -0.2) is 4.39 Å². The molecule has 5 nitrogen and oxygen atoms in total. The summed E-state index contributed by atoms with van der Waals surface area (Å²) < 4.78 is 13.7. The summed E-state index contributed by atoms with van der Waals surface area (Å²) in [5, 5.41) is 12.6. The number of hydrogen-bond acceptors (Lipinski definition) is 4. The molecule has 3 aromatic rings. The number of halogens is 1. The predicted octanol–water partition coefficient (Wildman–Crippen LogP) is 3.61. The van der Waals surface area contributed by atoms with Gasteiger partial charge in [-0.15, -0.1) is 11.3 Å². The quantitative estimate of drug-likeness (QED) is 0.707. The number of aromatic amines is 1. The number of hydrogen-bond donors (Lipinski definition) is 2. The Balaban J connectivity index is 1.29. The lowest BCUT2D eigenvalue weighted by molar-refractivity contribution is -0.121. The van der Waals surface area contributed by atoms with Crippen LogP contribution in [0.3, 0.4) is 0 Å². The molecule has 0 saturated carbocycles. The summed E-state index contributed by atoms with van der Waals surface area (Å²) in [6, 6.07) is 12.7. The number of carbonyl (C=O) groups is 1. The Morgan fingerprint density at radius 2 is 2.07 bits per heavy atom. The van der Waals surface area contributed by atoms with Crippen LogP contribution in [-0.2, 0) is 11.2 Å². The fraction of sp³-hybridized carbons (Fsp3) is 0.300. The first-order valence-corrected chi connectivity index (χ1v) is 9.94. The third kappa shape index (κ3) is 4.19. The molecule has 0 unspecified atom stereocenters. The molecule has 3 heterocycles. The highest BCUT2D eigenvalue weighted by Gasteiger charge is 2.22. The zero-order valence-electron chi connectivity index (χ0n) is 14.8. The average Bonchev–Trinajstić information content (AvgIpc) is 3.36. The van der Waals surface area contributed by atoms with Crippen LogP contribution in [0.1, 0.15) is 18.4 Å². The molecule has 0 spiro atoms. The number of aromatic nitrogens is 2. The van der Waals surface area contributed by atoms with Crippen LogP contribution >= 0.6 is 11.3 Å². The standard InChI is InChI=1S/C20H21FN4OS/c21-16-5-2-1-4-14(16)12-20(26)22-15-7-9-25(10-8-15)19-13-17(23-24-19)18-6-3-11-27-18/h1-6,11,13,15H,7-10,12H2,(H,22,26)(H,23,24). The van der Waals surface area contributed by atoms with Crippen LogP contribution in [0.5, 0.6) is 0 Å². The van der Waals surface area contributed by atoms with Gasteiger partial charge in [0.25, 0.3) is 0 Å². The van der Waals surface area contributed by atoms with E-state index in [4.69, 9.17) is 0 Å². The minimum atomic E-state index is -0.331. The third-order valence-corrected chi connectivity index (χ3v) is 5.75. The Hall–Kier alpha value is -2.67. The summed E-state index contributed by atoms with van der Waals surface area (Å²) in [6.07, 6.45) is 1.78. The van der Waals surface area contributed by atoms with Crippen molar-refractivity contribution in [2.75, 3.05) is 18.0 Å². The maximum atomic E-state index is 13.7. The van der Waals surface area contributed by atoms with Gasteiger partial charge < -0.3 is 10.2 Å². The lowest BCUT2D eigenvalue weighted by Gasteiger charge is -2.32. The molecule has 27 heavy (non-hydrogen) atoms. The van der Waals surface area contributed by atoms with Crippen molar-refractivity contribution in [2.24, 2.45) is 0 Å². The Bertz CT molecular complexity index is 900. The van der Waals surface area contributed by atoms with Gasteiger partial charge in [0.2, 0.25) is 5.91 Å². The number of benzene rings is 1. The fourth-order valence-corrected chi connectivity index (χ4v) is 4.07. The zero-order valence-corrected chi connectivity index (χ0v) is 15.6. The maximum absolute atomic E-state index is 13.7. The minimum Gasteiger partial charge on any atom is -0.355 e. The normalized spacial score (nSPS) is 15.1. The molecule has 0 radical (unpaired) electrons. The smallest absolute Gasteiger partial charge is 0.224 e. The van der Waals surface area contributed by atoms with Gasteiger partial charge in [0.05, 0.1) is 17.0 Å². The van der Waals surface area contributed by atoms with Crippen molar-refractivity contribution in [1.29, 1.82) is 0 Å². The van der Waals surface area contributed by atoms with Gasteiger partial charge in [-0.05, 0) is 35.9 Å². The highest BCUT2D eigenvalue weighted by molar-refractivity contribution is 7.13. The summed E-state index contributed by atoms with van der Waals surface area (Å²) in [5.41, 5.74) is 1.46. The number of thiophene rings is 1. The fourth-order valence-electron chi connectivity index (χ4n) is 3.38. The molecule has 1 amide bonds. The number of H-pyrrole nitrogens is 1. The molecule has 0 aliphatic carbocycles. The third-order valence-electron chi connectivity index (χ3n) is 4.84. The maximum Gasteiger partial charge on any atom is 0.224 e. The summed E-state index contributed by atoms with van der Waals surface area (Å²) in [4.78, 5) is 15.6. The van der Waals surface area contributed by atoms with Crippen molar-refractivity contribution in [3.05, 3.63) is 59.2 Å². The highest BCUT2D eigenvalue weighted by atomic mass is 32.1. The van der Waals surface area contributed by atoms with Gasteiger partial charge in [-0.2, -0.15) is 5.10 Å². The Morgan fingerprint density at radius 3 is 2.81 bits per heavy atom. The largest absolute Gasteiger partial charge is 0.355 e. The van der Waals surface area contributed by atoms with E-state index < -0.39 is 0 Å². The van der Waals surface area contributed by atoms with Crippen molar-refractivity contribution >= 4 is 23.1 Å². The van der Waals surface area contributed by atoms with Crippen molar-refractivity contribution in [3.8, 4) is 10.6 Å². The Kier molecular flexibility index (Phi) is 5.20. The molecular weight excluding hydrogens is 363 g/mol. The molecule has 140 valence electrons. The highest BCUT2D eigenvalue weighted by Crippen LogP contribution is 2.27. The van der Waals surface area contributed by atoms with E-state index in [1.165, 1.54) is 10.9 Å². The van der Waals surface area contributed by atoms with Crippen LogP contribution in [-0.4, -0.2) is 35.2 Å². The van der Waals surface area contributed by atoms with Gasteiger partial charge in [-0.3, -0.25) is 9.89 Å². The second kappa shape index (κ2) is 7.92. The van der Waals surface area contributed by atoms with Crippen LogP contribution in [0.4, 0.5) is 10.2 Å². The van der Waals surface area contributed by atoms with E-state index in [-0.39, 0.29) is 24.2 Å². The topological polar surface area (TPSA) is 61.0 Å². The second-order valence-electron chi connectivity index (χ2n) is 6.71. The predicted molar refractivity (Wildman–Crippen MR) is 105 cm³/mol. The van der Waals surface area contributed by atoms with Crippen LogP contribution < -0.4 is 10.2 Å². The molecule has 4 rings (SSSR count). The van der Waals surface area contributed by atoms with Crippen molar-refractivity contribution in [2.45, 2.75) is 25.3 Å². The van der Waals surface area contributed by atoms with Crippen molar-refractivity contribution < 1.29 is 9.18 Å². The van der Waals surface area contributed by atoms with Crippen molar-refractivity contribution in [1.82, 2.24) is 15.5 Å². The van der Waals surface area contributed by atoms with E-state index in [0.717, 1.165) is 37.4 Å². The van der Waals surface area contributed by atoms with Gasteiger partial charge in [0.1, 0.15) is 5.82 Å². The van der Waals surface area contributed by atoms with E-state index in [2.05, 4.69) is 32.5 Å². The van der Waals surface area contributed by atoms with Gasteiger partial charge >= 0.3 is 0 Å². The van der Waals surface area contributed by atoms with Crippen LogP contribution in [0.25, 0.3) is 10.6 Å². The van der Waals surface area contributed by atoms with E-state index >= 15 is 0 Å². The summed E-state index contributed by atoms with van der Waals surface area (Å²) in [7, 11) is 0. The first-order chi connectivity index (χ1) is 13.2. The number of anilines is 1. The number of piperidine rings is 1. The number of carbonyl (C=O) groups excluding carboxylic acids is 1. The number of nitrogens with one attached hydrogen (secondary N) is 2. The number of amides is 1. The molecule has 7 heteroatoms. The van der Waals surface area contributed by atoms with Gasteiger partial charge in [0, 0.05) is 25.2 Å². The molecule has 1 aliphatic heterocycles. The summed E-state index contributed by atoms with van der Waals surface area (Å²) >= 11 is 1.68. The van der Waals surface area contributed by atoms with E-state index in [1.807, 2.05) is 11.4 Å². The molecule has 1 saturated heterocycles. The summed E-state index contributed by atoms with van der Waals surface area (Å²) in [6.45, 7) is 1.67. The van der Waals surface area contributed by atoms with Gasteiger partial charge in [0.15, 0.2) is 5.82 Å². The first kappa shape index (κ1) is 17.7. The number of nitrogens with zero attached hydrogens (tertiary/aromatic N) is 2. The second-order valence-corrected chi connectivity index (χ2v) is 7.66. The molecular formula is C20H21FN4OS. The molecule has 1 fully saturated rings.